The van der Waals surface area contributed by atoms with Crippen LogP contribution in [0.1, 0.15) is 28.6 Å². The Hall–Kier alpha value is -4.08. The molecule has 2 heterocycles. The first-order valence-electron chi connectivity index (χ1n) is 11.6. The number of thiophene rings is 1. The Bertz CT molecular complexity index is 1520. The van der Waals surface area contributed by atoms with Gasteiger partial charge in [0.25, 0.3) is 5.91 Å². The molecule has 2 aromatic heterocycles. The summed E-state index contributed by atoms with van der Waals surface area (Å²) in [6.45, 7) is 1.73. The minimum absolute atomic E-state index is 0. The zero-order valence-electron chi connectivity index (χ0n) is 21.0. The lowest BCUT2D eigenvalue weighted by Gasteiger charge is -2.15. The van der Waals surface area contributed by atoms with Gasteiger partial charge in [-0.25, -0.2) is 14.8 Å². The summed E-state index contributed by atoms with van der Waals surface area (Å²) in [7, 11) is 0. The summed E-state index contributed by atoms with van der Waals surface area (Å²) in [4.78, 5) is 34.0. The van der Waals surface area contributed by atoms with Crippen molar-refractivity contribution < 1.29 is 27.9 Å². The number of alkyl halides is 3. The molecule has 0 fully saturated rings. The highest BCUT2D eigenvalue weighted by Gasteiger charge is 2.30. The van der Waals surface area contributed by atoms with E-state index < -0.39 is 23.7 Å². The highest BCUT2D eigenvalue weighted by Crippen LogP contribution is 2.39. The van der Waals surface area contributed by atoms with Crippen LogP contribution in [-0.4, -0.2) is 39.7 Å². The molecule has 3 amide bonds. The van der Waals surface area contributed by atoms with Gasteiger partial charge in [-0.15, -0.1) is 11.3 Å². The van der Waals surface area contributed by atoms with E-state index in [9.17, 15) is 27.9 Å². The van der Waals surface area contributed by atoms with Gasteiger partial charge in [0.05, 0.1) is 35.0 Å². The summed E-state index contributed by atoms with van der Waals surface area (Å²) < 4.78 is 38.3. The molecule has 0 unspecified atom stereocenters. The number of primary amides is 1. The number of hydrogen-bond donors (Lipinski definition) is 6. The number of rotatable bonds is 8. The van der Waals surface area contributed by atoms with E-state index in [0.717, 1.165) is 35.6 Å². The molecular formula is C25H26F3N7O3S2. The van der Waals surface area contributed by atoms with Crippen LogP contribution in [0.25, 0.3) is 21.5 Å². The molecule has 4 rings (SSSR count). The number of benzene rings is 2. The zero-order chi connectivity index (χ0) is 28.3. The van der Waals surface area contributed by atoms with E-state index in [1.54, 1.807) is 24.3 Å². The van der Waals surface area contributed by atoms with Crippen molar-refractivity contribution in [1.29, 1.82) is 0 Å². The third-order valence-corrected chi connectivity index (χ3v) is 6.84. The molecule has 0 aliphatic heterocycles. The van der Waals surface area contributed by atoms with E-state index >= 15 is 0 Å². The van der Waals surface area contributed by atoms with Crippen molar-refractivity contribution in [3.63, 3.8) is 0 Å². The van der Waals surface area contributed by atoms with E-state index in [1.807, 2.05) is 6.92 Å². The van der Waals surface area contributed by atoms with E-state index in [4.69, 9.17) is 11.5 Å². The number of aliphatic hydroxyl groups is 1. The fourth-order valence-electron chi connectivity index (χ4n) is 3.72. The second-order valence-corrected chi connectivity index (χ2v) is 9.45. The molecule has 1 atom stereocenters. The topological polar surface area (TPSA) is 168 Å². The number of nitrogens with two attached hydrogens (primary N) is 2. The summed E-state index contributed by atoms with van der Waals surface area (Å²) in [6, 6.07) is 9.64. The lowest BCUT2D eigenvalue weighted by molar-refractivity contribution is -0.137. The van der Waals surface area contributed by atoms with Gasteiger partial charge in [-0.3, -0.25) is 4.79 Å². The molecule has 0 saturated carbocycles. The van der Waals surface area contributed by atoms with Crippen LogP contribution < -0.4 is 27.4 Å². The number of hydrogen-bond acceptors (Lipinski definition) is 8. The van der Waals surface area contributed by atoms with Gasteiger partial charge < -0.3 is 32.5 Å². The predicted molar refractivity (Wildman–Crippen MR) is 155 cm³/mol. The Morgan fingerprint density at radius 2 is 1.75 bits per heavy atom. The fourth-order valence-corrected chi connectivity index (χ4v) is 4.66. The van der Waals surface area contributed by atoms with Crippen molar-refractivity contribution >= 4 is 70.0 Å². The molecule has 212 valence electrons. The third kappa shape index (κ3) is 6.73. The molecule has 0 bridgehead atoms. The molecular weight excluding hydrogens is 567 g/mol. The Kier molecular flexibility index (Phi) is 9.44. The first kappa shape index (κ1) is 30.5. The first-order valence-corrected chi connectivity index (χ1v) is 12.4. The first-order chi connectivity index (χ1) is 18.5. The monoisotopic (exact) mass is 593 g/mol. The fraction of sp³-hybridized carbons (Fsp3) is 0.200. The molecule has 15 heteroatoms. The number of aliphatic hydroxyl groups excluding tert-OH is 1. The standard InChI is InChI=1S/C25H24F3N7O3S.H2S/c1-2-14(11-36)31-23-34-19(17-18(29)20(21(30)37)39-22(17)35-23)12-4-3-5-16(10-12)33-24(38)32-15-8-6-13(7-9-15)25(26,27)28;/h3-10,14,36H,2,11,29H2,1H3,(H2,30,37)(H,31,34,35)(H2,32,33,38);1H2/t14-;/m0./s1. The molecule has 8 N–H and O–H groups in total. The molecule has 0 aliphatic rings. The van der Waals surface area contributed by atoms with Crippen molar-refractivity contribution in [2.24, 2.45) is 5.73 Å². The van der Waals surface area contributed by atoms with Crippen LogP contribution in [0.15, 0.2) is 48.5 Å². The van der Waals surface area contributed by atoms with Crippen molar-refractivity contribution in [2.45, 2.75) is 25.6 Å². The van der Waals surface area contributed by atoms with Gasteiger partial charge in [0.1, 0.15) is 9.71 Å². The molecule has 0 spiro atoms. The molecule has 10 nitrogen and oxygen atoms in total. The van der Waals surface area contributed by atoms with Crippen molar-refractivity contribution in [2.75, 3.05) is 28.3 Å². The SMILES string of the molecule is CC[C@@H](CO)Nc1nc(-c2cccc(NC(=O)Nc3ccc(C(F)(F)F)cc3)c2)c2c(N)c(C(N)=O)sc2n1.S. The Labute approximate surface area is 237 Å². The Balaban J connectivity index is 0.00000441. The second-order valence-electron chi connectivity index (χ2n) is 8.45. The normalized spacial score (nSPS) is 11.9. The quantitative estimate of drug-likeness (QED) is 0.167. The summed E-state index contributed by atoms with van der Waals surface area (Å²) >= 11 is 1.01. The Morgan fingerprint density at radius 1 is 1.07 bits per heavy atom. The van der Waals surface area contributed by atoms with E-state index in [0.29, 0.717) is 33.6 Å². The number of urea groups is 1. The van der Waals surface area contributed by atoms with E-state index in [2.05, 4.69) is 25.9 Å². The van der Waals surface area contributed by atoms with Crippen LogP contribution in [0.5, 0.6) is 0 Å². The highest BCUT2D eigenvalue weighted by atomic mass is 32.1. The average Bonchev–Trinajstić information content (AvgIpc) is 3.23. The minimum Gasteiger partial charge on any atom is -0.397 e. The van der Waals surface area contributed by atoms with Crippen LogP contribution in [0, 0.1) is 0 Å². The lowest BCUT2D eigenvalue weighted by atomic mass is 10.1. The number of fused-ring (bicyclic) bond motifs is 1. The van der Waals surface area contributed by atoms with E-state index in [1.165, 1.54) is 0 Å². The molecule has 0 saturated heterocycles. The number of anilines is 4. The molecule has 4 aromatic rings. The number of aromatic nitrogens is 2. The van der Waals surface area contributed by atoms with Crippen LogP contribution >= 0.6 is 24.8 Å². The Morgan fingerprint density at radius 3 is 2.35 bits per heavy atom. The van der Waals surface area contributed by atoms with Gasteiger partial charge in [0.15, 0.2) is 0 Å². The van der Waals surface area contributed by atoms with Crippen LogP contribution in [-0.2, 0) is 6.18 Å². The number of nitrogen functional groups attached to an aromatic ring is 1. The smallest absolute Gasteiger partial charge is 0.397 e. The summed E-state index contributed by atoms with van der Waals surface area (Å²) in [5.74, 6) is -0.512. The summed E-state index contributed by atoms with van der Waals surface area (Å²) in [6.07, 6.45) is -3.89. The van der Waals surface area contributed by atoms with E-state index in [-0.39, 0.29) is 48.3 Å². The van der Waals surface area contributed by atoms with Crippen LogP contribution in [0.3, 0.4) is 0 Å². The summed E-state index contributed by atoms with van der Waals surface area (Å²) in [5, 5.41) is 18.2. The molecule has 0 aliphatic carbocycles. The maximum absolute atomic E-state index is 12.8. The van der Waals surface area contributed by atoms with Crippen LogP contribution in [0.4, 0.5) is 41.0 Å². The number of amides is 3. The number of nitrogens with zero attached hydrogens (tertiary/aromatic N) is 2. The van der Waals surface area contributed by atoms with Gasteiger partial charge in [-0.05, 0) is 42.8 Å². The van der Waals surface area contributed by atoms with Gasteiger partial charge >= 0.3 is 12.2 Å². The van der Waals surface area contributed by atoms with Crippen molar-refractivity contribution in [3.8, 4) is 11.3 Å². The largest absolute Gasteiger partial charge is 0.416 e. The molecule has 0 radical (unpaired) electrons. The van der Waals surface area contributed by atoms with Crippen molar-refractivity contribution in [1.82, 2.24) is 9.97 Å². The maximum Gasteiger partial charge on any atom is 0.416 e. The lowest BCUT2D eigenvalue weighted by Crippen LogP contribution is -2.24. The summed E-state index contributed by atoms with van der Waals surface area (Å²) in [5.41, 5.74) is 12.4. The van der Waals surface area contributed by atoms with Gasteiger partial charge in [0, 0.05) is 16.9 Å². The predicted octanol–water partition coefficient (Wildman–Crippen LogP) is 5.00. The third-order valence-electron chi connectivity index (χ3n) is 5.72. The highest BCUT2D eigenvalue weighted by molar-refractivity contribution is 7.59. The maximum atomic E-state index is 12.8. The number of carbonyl (C=O) groups is 2. The molecule has 40 heavy (non-hydrogen) atoms. The van der Waals surface area contributed by atoms with Crippen molar-refractivity contribution in [3.05, 3.63) is 59.0 Å². The number of nitrogens with one attached hydrogen (secondary N) is 3. The second kappa shape index (κ2) is 12.4. The minimum atomic E-state index is -4.48. The zero-order valence-corrected chi connectivity index (χ0v) is 22.8. The number of carbonyl (C=O) groups excluding carboxylic acids is 2. The average molecular weight is 594 g/mol. The van der Waals surface area contributed by atoms with Gasteiger partial charge in [-0.2, -0.15) is 26.7 Å². The molecule has 2 aromatic carbocycles. The van der Waals surface area contributed by atoms with Gasteiger partial charge in [0.2, 0.25) is 5.95 Å². The van der Waals surface area contributed by atoms with Gasteiger partial charge in [-0.1, -0.05) is 19.1 Å². The van der Waals surface area contributed by atoms with Crippen LogP contribution in [0.2, 0.25) is 0 Å². The number of halogens is 3.